The first-order valence-electron chi connectivity index (χ1n) is 11.7. The normalized spacial score (nSPS) is 12.9. The molecule has 40 heavy (non-hydrogen) atoms. The molecule has 0 spiro atoms. The van der Waals surface area contributed by atoms with Gasteiger partial charge in [0.2, 0.25) is 17.9 Å². The predicted octanol–water partition coefficient (Wildman–Crippen LogP) is 3.57. The number of carboxylic acid groups (broad SMARTS) is 1. The summed E-state index contributed by atoms with van der Waals surface area (Å²) in [6.07, 6.45) is -4.42. The number of ether oxygens (including phenoxy) is 3. The molecule has 11 nitrogen and oxygen atoms in total. The minimum absolute atomic E-state index is 0.0439. The summed E-state index contributed by atoms with van der Waals surface area (Å²) in [4.78, 5) is 19.0. The van der Waals surface area contributed by atoms with E-state index in [4.69, 9.17) is 30.8 Å². The van der Waals surface area contributed by atoms with Crippen molar-refractivity contribution >= 4 is 11.9 Å². The number of rotatable bonds is 10. The molecule has 2 atom stereocenters. The molecule has 0 aliphatic carbocycles. The van der Waals surface area contributed by atoms with Gasteiger partial charge in [0.1, 0.15) is 6.04 Å². The van der Waals surface area contributed by atoms with Crippen molar-refractivity contribution in [3.05, 3.63) is 72.1 Å². The summed E-state index contributed by atoms with van der Waals surface area (Å²) in [6, 6.07) is 10.7. The second kappa shape index (κ2) is 11.5. The van der Waals surface area contributed by atoms with E-state index in [1.54, 1.807) is 30.3 Å². The number of nitrogens with zero attached hydrogens (tertiary/aromatic N) is 4. The fraction of sp³-hybridized carbons (Fsp3) is 0.231. The molecule has 4 aromatic rings. The average molecular weight is 559 g/mol. The lowest BCUT2D eigenvalue weighted by Crippen LogP contribution is -2.32. The predicted molar refractivity (Wildman–Crippen MR) is 137 cm³/mol. The monoisotopic (exact) mass is 558 g/mol. The number of aliphatic carboxylic acids is 1. The maximum atomic E-state index is 14.5. The summed E-state index contributed by atoms with van der Waals surface area (Å²) in [5, 5.41) is 13.1. The third kappa shape index (κ3) is 6.23. The lowest BCUT2D eigenvalue weighted by molar-refractivity contribution is -0.198. The zero-order chi connectivity index (χ0) is 29.0. The Balaban J connectivity index is 1.73. The van der Waals surface area contributed by atoms with Crippen molar-refractivity contribution in [2.75, 3.05) is 20.0 Å². The van der Waals surface area contributed by atoms with E-state index < -0.39 is 30.2 Å². The first-order valence-corrected chi connectivity index (χ1v) is 11.7. The summed E-state index contributed by atoms with van der Waals surface area (Å²) in [7, 11) is 2.66. The van der Waals surface area contributed by atoms with Gasteiger partial charge in [-0.25, -0.2) is 9.67 Å². The van der Waals surface area contributed by atoms with E-state index in [0.717, 1.165) is 0 Å². The summed E-state index contributed by atoms with van der Waals surface area (Å²) >= 11 is 0. The van der Waals surface area contributed by atoms with E-state index >= 15 is 0 Å². The number of halogens is 3. The zero-order valence-electron chi connectivity index (χ0n) is 21.3. The SMILES string of the molecule is COc1cc(C(Oc2cc(-c3ccc(CC(N)C(=O)O)cc3)nc(N)n2)C(F)(F)F)c(-n2cccn2)cc1OC. The number of benzene rings is 2. The number of alkyl halides is 3. The van der Waals surface area contributed by atoms with Crippen molar-refractivity contribution < 1.29 is 37.3 Å². The van der Waals surface area contributed by atoms with Gasteiger partial charge in [-0.1, -0.05) is 24.3 Å². The Hall–Kier alpha value is -4.85. The smallest absolute Gasteiger partial charge is 0.429 e. The second-order valence-electron chi connectivity index (χ2n) is 8.55. The van der Waals surface area contributed by atoms with Crippen LogP contribution in [0.3, 0.4) is 0 Å². The van der Waals surface area contributed by atoms with E-state index in [9.17, 15) is 18.0 Å². The lowest BCUT2D eigenvalue weighted by Gasteiger charge is -2.25. The van der Waals surface area contributed by atoms with Gasteiger partial charge < -0.3 is 30.8 Å². The number of hydrogen-bond donors (Lipinski definition) is 3. The zero-order valence-corrected chi connectivity index (χ0v) is 21.3. The molecule has 0 aliphatic rings. The molecule has 0 fully saturated rings. The van der Waals surface area contributed by atoms with Crippen LogP contribution in [-0.4, -0.2) is 57.3 Å². The van der Waals surface area contributed by atoms with Crippen LogP contribution in [0.5, 0.6) is 17.4 Å². The average Bonchev–Trinajstić information content (AvgIpc) is 3.45. The molecule has 2 heterocycles. The number of methoxy groups -OCH3 is 2. The van der Waals surface area contributed by atoms with Crippen LogP contribution < -0.4 is 25.7 Å². The Morgan fingerprint density at radius 2 is 1.75 bits per heavy atom. The molecule has 0 amide bonds. The van der Waals surface area contributed by atoms with Crippen LogP contribution in [-0.2, 0) is 11.2 Å². The topological polar surface area (TPSA) is 161 Å². The van der Waals surface area contributed by atoms with Gasteiger partial charge in [0, 0.05) is 35.7 Å². The van der Waals surface area contributed by atoms with Crippen LogP contribution in [0.4, 0.5) is 19.1 Å². The third-order valence-corrected chi connectivity index (χ3v) is 5.84. The molecular formula is C26H25F3N6O5. The van der Waals surface area contributed by atoms with E-state index in [0.29, 0.717) is 11.1 Å². The van der Waals surface area contributed by atoms with E-state index in [1.165, 1.54) is 49.5 Å². The Kier molecular flexibility index (Phi) is 8.09. The molecular weight excluding hydrogens is 533 g/mol. The van der Waals surface area contributed by atoms with Gasteiger partial charge in [-0.15, -0.1) is 0 Å². The van der Waals surface area contributed by atoms with E-state index in [1.807, 2.05) is 0 Å². The standard InChI is InChI=1S/C26H25F3N6O5/c1-38-20-11-16(19(13-21(20)39-2)35-9-3-8-32-35)23(26(27,28)29)40-22-12-18(33-25(31)34-22)15-6-4-14(5-7-15)10-17(30)24(36)37/h3-9,11-13,17,23H,10,30H2,1-2H3,(H,36,37)(H2,31,33,34). The Morgan fingerprint density at radius 3 is 2.33 bits per heavy atom. The van der Waals surface area contributed by atoms with Gasteiger partial charge in [0.05, 0.1) is 25.6 Å². The van der Waals surface area contributed by atoms with Crippen LogP contribution >= 0.6 is 0 Å². The third-order valence-electron chi connectivity index (χ3n) is 5.84. The number of carboxylic acids is 1. The molecule has 5 N–H and O–H groups in total. The molecule has 2 unspecified atom stereocenters. The van der Waals surface area contributed by atoms with Gasteiger partial charge in [0.25, 0.3) is 0 Å². The van der Waals surface area contributed by atoms with Crippen LogP contribution in [0.2, 0.25) is 0 Å². The van der Waals surface area contributed by atoms with E-state index in [-0.39, 0.29) is 40.8 Å². The highest BCUT2D eigenvalue weighted by atomic mass is 19.4. The number of carbonyl (C=O) groups is 1. The first-order chi connectivity index (χ1) is 19.0. The van der Waals surface area contributed by atoms with Crippen molar-refractivity contribution in [1.82, 2.24) is 19.7 Å². The highest BCUT2D eigenvalue weighted by molar-refractivity contribution is 5.73. The number of nitrogens with two attached hydrogens (primary N) is 2. The van der Waals surface area contributed by atoms with Crippen molar-refractivity contribution in [3.8, 4) is 34.3 Å². The largest absolute Gasteiger partial charge is 0.493 e. The van der Waals surface area contributed by atoms with Gasteiger partial charge in [-0.3, -0.25) is 4.79 Å². The highest BCUT2D eigenvalue weighted by Gasteiger charge is 2.45. The van der Waals surface area contributed by atoms with Crippen molar-refractivity contribution in [3.63, 3.8) is 0 Å². The maximum absolute atomic E-state index is 14.5. The summed E-state index contributed by atoms with van der Waals surface area (Å²) in [6.45, 7) is 0. The molecule has 4 rings (SSSR count). The van der Waals surface area contributed by atoms with Crippen molar-refractivity contribution in [1.29, 1.82) is 0 Å². The fourth-order valence-electron chi connectivity index (χ4n) is 3.93. The van der Waals surface area contributed by atoms with Crippen LogP contribution in [0.25, 0.3) is 16.9 Å². The first kappa shape index (κ1) is 28.2. The Bertz CT molecular complexity index is 1480. The van der Waals surface area contributed by atoms with Crippen molar-refractivity contribution in [2.45, 2.75) is 24.7 Å². The van der Waals surface area contributed by atoms with Gasteiger partial charge in [0.15, 0.2) is 11.5 Å². The van der Waals surface area contributed by atoms with Crippen LogP contribution in [0.1, 0.15) is 17.2 Å². The molecule has 2 aromatic carbocycles. The molecule has 14 heteroatoms. The van der Waals surface area contributed by atoms with Crippen LogP contribution in [0.15, 0.2) is 60.9 Å². The number of anilines is 1. The second-order valence-corrected chi connectivity index (χ2v) is 8.55. The van der Waals surface area contributed by atoms with Gasteiger partial charge in [-0.05, 0) is 24.1 Å². The van der Waals surface area contributed by atoms with Gasteiger partial charge in [-0.2, -0.15) is 23.3 Å². The van der Waals surface area contributed by atoms with Crippen LogP contribution in [0, 0.1) is 0 Å². The number of aromatic nitrogens is 4. The summed E-state index contributed by atoms with van der Waals surface area (Å²) in [5.74, 6) is -1.64. The maximum Gasteiger partial charge on any atom is 0.429 e. The highest BCUT2D eigenvalue weighted by Crippen LogP contribution is 2.43. The fourth-order valence-corrected chi connectivity index (χ4v) is 3.93. The molecule has 0 bridgehead atoms. The molecule has 0 radical (unpaired) electrons. The van der Waals surface area contributed by atoms with Crippen molar-refractivity contribution in [2.24, 2.45) is 5.73 Å². The number of hydrogen-bond acceptors (Lipinski definition) is 9. The summed E-state index contributed by atoms with van der Waals surface area (Å²) in [5.41, 5.74) is 12.5. The number of nitrogen functional groups attached to an aromatic ring is 1. The quantitative estimate of drug-likeness (QED) is 0.262. The Labute approximate surface area is 226 Å². The molecule has 0 saturated heterocycles. The molecule has 0 aliphatic heterocycles. The summed E-state index contributed by atoms with van der Waals surface area (Å²) < 4.78 is 60.7. The lowest BCUT2D eigenvalue weighted by atomic mass is 10.0. The minimum atomic E-state index is -4.90. The molecule has 210 valence electrons. The molecule has 0 saturated carbocycles. The van der Waals surface area contributed by atoms with Gasteiger partial charge >= 0.3 is 12.1 Å². The minimum Gasteiger partial charge on any atom is -0.493 e. The molecule has 2 aromatic heterocycles. The van der Waals surface area contributed by atoms with E-state index in [2.05, 4.69) is 15.1 Å². The Morgan fingerprint density at radius 1 is 1.07 bits per heavy atom.